The number of nitrogens with one attached hydrogen (secondary N) is 1. The van der Waals surface area contributed by atoms with Crippen LogP contribution in [0, 0.1) is 0 Å². The Balaban J connectivity index is 1.73. The number of likely N-dealkylation sites (tertiary alicyclic amines) is 1. The average Bonchev–Trinajstić information content (AvgIpc) is 3.24. The van der Waals surface area contributed by atoms with Crippen LogP contribution in [0.5, 0.6) is 0 Å². The van der Waals surface area contributed by atoms with Crippen LogP contribution >= 0.6 is 11.3 Å². The van der Waals surface area contributed by atoms with Gasteiger partial charge in [-0.15, -0.1) is 11.3 Å². The second-order valence-corrected chi connectivity index (χ2v) is 7.56. The van der Waals surface area contributed by atoms with Crippen LogP contribution in [-0.2, 0) is 11.3 Å². The lowest BCUT2D eigenvalue weighted by atomic mass is 10.1. The predicted molar refractivity (Wildman–Crippen MR) is 93.0 cm³/mol. The predicted octanol–water partition coefficient (Wildman–Crippen LogP) is 0.241. The number of hydrogen-bond donors (Lipinski definition) is 1. The van der Waals surface area contributed by atoms with Gasteiger partial charge in [0.2, 0.25) is 5.91 Å². The van der Waals surface area contributed by atoms with Crippen molar-refractivity contribution in [2.45, 2.75) is 25.4 Å². The van der Waals surface area contributed by atoms with Gasteiger partial charge in [0, 0.05) is 44.6 Å². The zero-order valence-corrected chi connectivity index (χ0v) is 15.1. The minimum Gasteiger partial charge on any atom is -0.341 e. The van der Waals surface area contributed by atoms with E-state index < -0.39 is 6.04 Å². The van der Waals surface area contributed by atoms with E-state index in [1.54, 1.807) is 10.3 Å². The van der Waals surface area contributed by atoms with Crippen molar-refractivity contribution in [2.24, 2.45) is 0 Å². The molecule has 0 aromatic carbocycles. The average molecular weight is 351 g/mol. The van der Waals surface area contributed by atoms with Crippen molar-refractivity contribution < 1.29 is 9.59 Å². The fraction of sp³-hybridized carbons (Fsp3) is 0.688. The lowest BCUT2D eigenvalue weighted by molar-refractivity contribution is -0.135. The van der Waals surface area contributed by atoms with Crippen LogP contribution in [0.25, 0.3) is 0 Å². The molecule has 3 rings (SSSR count). The summed E-state index contributed by atoms with van der Waals surface area (Å²) in [6.45, 7) is 4.11. The van der Waals surface area contributed by atoms with E-state index in [2.05, 4.69) is 10.3 Å². The minimum absolute atomic E-state index is 0.0665. The summed E-state index contributed by atoms with van der Waals surface area (Å²) < 4.78 is 0. The maximum atomic E-state index is 12.9. The van der Waals surface area contributed by atoms with Crippen LogP contribution in [0.15, 0.2) is 5.38 Å². The molecule has 1 N–H and O–H groups in total. The zero-order valence-electron chi connectivity index (χ0n) is 14.3. The largest absolute Gasteiger partial charge is 0.341 e. The highest BCUT2D eigenvalue weighted by atomic mass is 32.1. The number of carbonyl (C=O) groups is 2. The van der Waals surface area contributed by atoms with Crippen LogP contribution in [-0.4, -0.2) is 84.4 Å². The van der Waals surface area contributed by atoms with Gasteiger partial charge >= 0.3 is 0 Å². The van der Waals surface area contributed by atoms with E-state index in [1.165, 1.54) is 11.3 Å². The van der Waals surface area contributed by atoms with Crippen molar-refractivity contribution in [1.82, 2.24) is 25.0 Å². The van der Waals surface area contributed by atoms with E-state index in [9.17, 15) is 9.59 Å². The molecule has 0 aliphatic carbocycles. The molecule has 0 unspecified atom stereocenters. The van der Waals surface area contributed by atoms with Crippen molar-refractivity contribution in [2.75, 3.05) is 46.8 Å². The molecule has 2 fully saturated rings. The molecule has 1 atom stereocenters. The molecule has 132 valence electrons. The Labute approximate surface area is 146 Å². The summed E-state index contributed by atoms with van der Waals surface area (Å²) in [5.41, 5.74) is 0.456. The number of thiazole rings is 1. The number of rotatable bonds is 4. The Hall–Kier alpha value is -1.51. The number of hydrogen-bond acceptors (Lipinski definition) is 6. The van der Waals surface area contributed by atoms with E-state index in [0.717, 1.165) is 37.5 Å². The molecule has 0 spiro atoms. The molecule has 3 heterocycles. The molecule has 1 aromatic rings. The second-order valence-electron chi connectivity index (χ2n) is 6.62. The quantitative estimate of drug-likeness (QED) is 0.842. The first-order valence-corrected chi connectivity index (χ1v) is 9.34. The summed E-state index contributed by atoms with van der Waals surface area (Å²) in [6, 6.07) is -0.414. The van der Waals surface area contributed by atoms with Gasteiger partial charge in [0.15, 0.2) is 0 Å². The summed E-state index contributed by atoms with van der Waals surface area (Å²) in [5.74, 6) is -0.0629. The summed E-state index contributed by atoms with van der Waals surface area (Å²) in [4.78, 5) is 35.7. The van der Waals surface area contributed by atoms with E-state index in [1.807, 2.05) is 23.9 Å². The molecule has 2 aliphatic rings. The van der Waals surface area contributed by atoms with Gasteiger partial charge in [0.25, 0.3) is 5.91 Å². The first-order chi connectivity index (χ1) is 11.6. The van der Waals surface area contributed by atoms with Gasteiger partial charge in [-0.3, -0.25) is 9.59 Å². The van der Waals surface area contributed by atoms with E-state index >= 15 is 0 Å². The Kier molecular flexibility index (Phi) is 5.47. The van der Waals surface area contributed by atoms with Gasteiger partial charge in [-0.1, -0.05) is 0 Å². The SMILES string of the molecule is CN(C)Cc1nc(C(=O)N2CCNC[C@@H]2C(=O)N2CCCC2)cs1. The fourth-order valence-electron chi connectivity index (χ4n) is 3.22. The van der Waals surface area contributed by atoms with Crippen molar-refractivity contribution in [3.05, 3.63) is 16.1 Å². The molecule has 0 radical (unpaired) electrons. The first-order valence-electron chi connectivity index (χ1n) is 8.46. The standard InChI is InChI=1S/C16H25N5O2S/c1-19(2)10-14-18-12(11-24-14)15(22)21-8-5-17-9-13(21)16(23)20-6-3-4-7-20/h11,13,17H,3-10H2,1-2H3/t13-/m1/s1. The monoisotopic (exact) mass is 351 g/mol. The molecular weight excluding hydrogens is 326 g/mol. The lowest BCUT2D eigenvalue weighted by Gasteiger charge is -2.36. The van der Waals surface area contributed by atoms with E-state index in [4.69, 9.17) is 0 Å². The lowest BCUT2D eigenvalue weighted by Crippen LogP contribution is -2.60. The highest BCUT2D eigenvalue weighted by Gasteiger charge is 2.36. The highest BCUT2D eigenvalue weighted by molar-refractivity contribution is 7.09. The van der Waals surface area contributed by atoms with Gasteiger partial charge in [-0.05, 0) is 26.9 Å². The van der Waals surface area contributed by atoms with Crippen LogP contribution in [0.1, 0.15) is 28.3 Å². The molecule has 1 aromatic heterocycles. The topological polar surface area (TPSA) is 68.8 Å². The Morgan fingerprint density at radius 1 is 1.33 bits per heavy atom. The van der Waals surface area contributed by atoms with Crippen LogP contribution < -0.4 is 5.32 Å². The number of amides is 2. The van der Waals surface area contributed by atoms with E-state index in [-0.39, 0.29) is 11.8 Å². The third kappa shape index (κ3) is 3.76. The van der Waals surface area contributed by atoms with Crippen LogP contribution in [0.2, 0.25) is 0 Å². The Morgan fingerprint density at radius 2 is 2.08 bits per heavy atom. The molecule has 2 saturated heterocycles. The molecule has 24 heavy (non-hydrogen) atoms. The van der Waals surface area contributed by atoms with Gasteiger partial charge in [-0.25, -0.2) is 4.98 Å². The third-order valence-corrected chi connectivity index (χ3v) is 5.26. The molecule has 2 amide bonds. The summed E-state index contributed by atoms with van der Waals surface area (Å²) in [7, 11) is 3.95. The van der Waals surface area contributed by atoms with E-state index in [0.29, 0.717) is 25.3 Å². The third-order valence-electron chi connectivity index (χ3n) is 4.43. The summed E-state index contributed by atoms with van der Waals surface area (Å²) >= 11 is 1.49. The summed E-state index contributed by atoms with van der Waals surface area (Å²) in [5, 5.41) is 5.96. The summed E-state index contributed by atoms with van der Waals surface area (Å²) in [6.07, 6.45) is 2.11. The van der Waals surface area contributed by atoms with Crippen molar-refractivity contribution in [3.63, 3.8) is 0 Å². The molecular formula is C16H25N5O2S. The van der Waals surface area contributed by atoms with Gasteiger partial charge in [-0.2, -0.15) is 0 Å². The van der Waals surface area contributed by atoms with Crippen molar-refractivity contribution in [3.8, 4) is 0 Å². The maximum Gasteiger partial charge on any atom is 0.274 e. The van der Waals surface area contributed by atoms with Gasteiger partial charge in [0.05, 0.1) is 0 Å². The molecule has 2 aliphatic heterocycles. The highest BCUT2D eigenvalue weighted by Crippen LogP contribution is 2.18. The number of carbonyl (C=O) groups excluding carboxylic acids is 2. The number of nitrogens with zero attached hydrogens (tertiary/aromatic N) is 4. The van der Waals surface area contributed by atoms with Crippen molar-refractivity contribution in [1.29, 1.82) is 0 Å². The molecule has 0 bridgehead atoms. The smallest absolute Gasteiger partial charge is 0.274 e. The maximum absolute atomic E-state index is 12.9. The van der Waals surface area contributed by atoms with Crippen LogP contribution in [0.4, 0.5) is 0 Å². The minimum atomic E-state index is -0.414. The Bertz CT molecular complexity index is 597. The van der Waals surface area contributed by atoms with Crippen LogP contribution in [0.3, 0.4) is 0 Å². The fourth-order valence-corrected chi connectivity index (χ4v) is 4.10. The number of piperazine rings is 1. The second kappa shape index (κ2) is 7.58. The normalized spacial score (nSPS) is 21.5. The zero-order chi connectivity index (χ0) is 17.1. The molecule has 8 heteroatoms. The van der Waals surface area contributed by atoms with Gasteiger partial charge < -0.3 is 20.0 Å². The Morgan fingerprint density at radius 3 is 2.79 bits per heavy atom. The van der Waals surface area contributed by atoms with Gasteiger partial charge in [0.1, 0.15) is 16.7 Å². The molecule has 0 saturated carbocycles. The molecule has 7 nitrogen and oxygen atoms in total. The number of aromatic nitrogens is 1. The first kappa shape index (κ1) is 17.3. The van der Waals surface area contributed by atoms with Crippen molar-refractivity contribution >= 4 is 23.2 Å².